The maximum atomic E-state index is 17.0. The van der Waals surface area contributed by atoms with E-state index in [-0.39, 0.29) is 51.6 Å². The number of aromatic hydroxyl groups is 1. The smallest absolute Gasteiger partial charge is 0.319 e. The summed E-state index contributed by atoms with van der Waals surface area (Å²) in [5.74, 6) is 1.26. The van der Waals surface area contributed by atoms with E-state index in [2.05, 4.69) is 37.9 Å². The summed E-state index contributed by atoms with van der Waals surface area (Å²) in [5, 5.41) is 15.3. The van der Waals surface area contributed by atoms with Crippen LogP contribution in [0.2, 0.25) is 0 Å². The zero-order valence-electron chi connectivity index (χ0n) is 27.4. The van der Waals surface area contributed by atoms with E-state index >= 15 is 4.39 Å². The molecule has 9 nitrogen and oxygen atoms in total. The van der Waals surface area contributed by atoms with Crippen LogP contribution in [-0.2, 0) is 4.74 Å². The Kier molecular flexibility index (Phi) is 8.05. The summed E-state index contributed by atoms with van der Waals surface area (Å²) < 4.78 is 58.9. The molecule has 3 saturated heterocycles. The van der Waals surface area contributed by atoms with E-state index in [1.807, 2.05) is 0 Å². The average Bonchev–Trinajstić information content (AvgIpc) is 3.78. The molecule has 0 spiro atoms. The van der Waals surface area contributed by atoms with Gasteiger partial charge in [-0.1, -0.05) is 18.9 Å². The monoisotopic (exact) mass is 672 g/mol. The van der Waals surface area contributed by atoms with Crippen LogP contribution in [0.4, 0.5) is 19.0 Å². The molecule has 1 saturated carbocycles. The molecule has 12 heteroatoms. The summed E-state index contributed by atoms with van der Waals surface area (Å²) >= 11 is 0. The number of nitrogens with one attached hydrogen (secondary N) is 1. The second kappa shape index (κ2) is 12.3. The molecule has 5 heterocycles. The van der Waals surface area contributed by atoms with Crippen molar-refractivity contribution in [3.63, 3.8) is 0 Å². The Hall–Kier alpha value is -4.18. The zero-order chi connectivity index (χ0) is 33.9. The highest BCUT2D eigenvalue weighted by Crippen LogP contribution is 2.42. The molecule has 2 aromatic carbocycles. The number of hydrogen-bond acceptors (Lipinski definition) is 9. The second-order valence-electron chi connectivity index (χ2n) is 14.0. The lowest BCUT2D eigenvalue weighted by Crippen LogP contribution is -2.63. The Morgan fingerprint density at radius 1 is 1.16 bits per heavy atom. The molecule has 4 fully saturated rings. The highest BCUT2D eigenvalue weighted by Gasteiger charge is 2.49. The quantitative estimate of drug-likeness (QED) is 0.224. The van der Waals surface area contributed by atoms with Gasteiger partial charge in [-0.25, -0.2) is 13.2 Å². The van der Waals surface area contributed by atoms with E-state index in [0.29, 0.717) is 61.9 Å². The van der Waals surface area contributed by atoms with Gasteiger partial charge in [-0.15, -0.1) is 6.42 Å². The molecule has 8 rings (SSSR count). The molecule has 4 aromatic rings. The van der Waals surface area contributed by atoms with Gasteiger partial charge in [0.15, 0.2) is 5.82 Å². The average molecular weight is 673 g/mol. The van der Waals surface area contributed by atoms with Crippen molar-refractivity contribution in [1.29, 1.82) is 0 Å². The van der Waals surface area contributed by atoms with Crippen molar-refractivity contribution in [3.05, 3.63) is 47.7 Å². The van der Waals surface area contributed by atoms with Crippen molar-refractivity contribution in [2.75, 3.05) is 50.8 Å². The minimum absolute atomic E-state index is 0.0203. The van der Waals surface area contributed by atoms with Crippen molar-refractivity contribution in [3.8, 4) is 35.4 Å². The lowest BCUT2D eigenvalue weighted by molar-refractivity contribution is 0.0521. The molecule has 2 N–H and O–H groups in total. The molecule has 0 amide bonds. The van der Waals surface area contributed by atoms with Crippen LogP contribution in [0.25, 0.3) is 32.9 Å². The Bertz CT molecular complexity index is 1990. The highest BCUT2D eigenvalue weighted by atomic mass is 19.1. The third kappa shape index (κ3) is 5.71. The highest BCUT2D eigenvalue weighted by molar-refractivity contribution is 6.03. The van der Waals surface area contributed by atoms with E-state index in [1.165, 1.54) is 30.5 Å². The summed E-state index contributed by atoms with van der Waals surface area (Å²) in [4.78, 5) is 18.2. The fourth-order valence-electron chi connectivity index (χ4n) is 8.00. The molecule has 3 aliphatic heterocycles. The first-order valence-electron chi connectivity index (χ1n) is 17.1. The van der Waals surface area contributed by atoms with Crippen molar-refractivity contribution >= 4 is 27.5 Å². The number of ether oxygens (including phenoxy) is 2. The fraction of sp³-hybridized carbons (Fsp3) is 0.486. The third-order valence-corrected chi connectivity index (χ3v) is 10.8. The minimum Gasteiger partial charge on any atom is -0.508 e. The van der Waals surface area contributed by atoms with Crippen LogP contribution in [0.5, 0.6) is 11.8 Å². The molecule has 0 radical (unpaired) electrons. The van der Waals surface area contributed by atoms with Crippen molar-refractivity contribution < 1.29 is 27.8 Å². The largest absolute Gasteiger partial charge is 0.508 e. The number of nitrogens with zero attached hydrogens (tertiary/aromatic N) is 5. The maximum Gasteiger partial charge on any atom is 0.319 e. The molecule has 49 heavy (non-hydrogen) atoms. The number of terminal acetylenes is 1. The minimum atomic E-state index is -0.932. The Balaban J connectivity index is 1.25. The van der Waals surface area contributed by atoms with Crippen LogP contribution in [-0.4, -0.2) is 94.2 Å². The van der Waals surface area contributed by atoms with Crippen LogP contribution >= 0.6 is 0 Å². The van der Waals surface area contributed by atoms with E-state index < -0.39 is 23.3 Å². The standard InChI is InChI=1S/C37H39F3N6O3/c1-3-26-29(39)9-6-22-14-24(47)15-27(30(22)26)32-31(40)33-28(17-41-32)34(45-13-11-42-36(4-2,19-45)20-48-25-7-8-25)44-35(43-33)49-21-37-10-5-12-46(37)18-23(38)16-37/h1,6,9,14-15,17,23,25,42,47H,4-5,7-8,10-13,16,18-21H2,2H3/t23-,36-,37+/m1/s1. The molecule has 4 aliphatic rings. The lowest BCUT2D eigenvalue weighted by atomic mass is 9.93. The second-order valence-corrected chi connectivity index (χ2v) is 14.0. The van der Waals surface area contributed by atoms with Crippen LogP contribution in [0.1, 0.15) is 51.0 Å². The molecule has 2 aromatic heterocycles. The number of alkyl halides is 1. The van der Waals surface area contributed by atoms with Crippen LogP contribution in [0, 0.1) is 24.0 Å². The van der Waals surface area contributed by atoms with Gasteiger partial charge in [-0.3, -0.25) is 9.88 Å². The summed E-state index contributed by atoms with van der Waals surface area (Å²) in [7, 11) is 0. The first-order chi connectivity index (χ1) is 23.7. The summed E-state index contributed by atoms with van der Waals surface area (Å²) in [5.41, 5.74) is -0.911. The van der Waals surface area contributed by atoms with Gasteiger partial charge in [-0.05, 0) is 62.2 Å². The zero-order valence-corrected chi connectivity index (χ0v) is 27.4. The van der Waals surface area contributed by atoms with Crippen molar-refractivity contribution in [2.45, 2.75) is 68.8 Å². The molecular formula is C37H39F3N6O3. The number of anilines is 1. The maximum absolute atomic E-state index is 17.0. The lowest BCUT2D eigenvalue weighted by Gasteiger charge is -2.44. The number of aromatic nitrogens is 3. The molecule has 1 aliphatic carbocycles. The topological polar surface area (TPSA) is 95.9 Å². The number of halogens is 3. The van der Waals surface area contributed by atoms with Crippen LogP contribution < -0.4 is 15.0 Å². The van der Waals surface area contributed by atoms with Gasteiger partial charge >= 0.3 is 6.01 Å². The van der Waals surface area contributed by atoms with E-state index in [4.69, 9.17) is 20.9 Å². The Morgan fingerprint density at radius 3 is 2.82 bits per heavy atom. The molecule has 0 bridgehead atoms. The van der Waals surface area contributed by atoms with Gasteiger partial charge < -0.3 is 24.8 Å². The van der Waals surface area contributed by atoms with E-state index in [0.717, 1.165) is 38.6 Å². The SMILES string of the molecule is C#Cc1c(F)ccc2cc(O)cc(-c3ncc4c(N5CCN[C@@](CC)(COC6CC6)C5)nc(OC[C@@]56CCCN5C[C@H](F)C6)nc4c3F)c12. The predicted molar refractivity (Wildman–Crippen MR) is 181 cm³/mol. The van der Waals surface area contributed by atoms with Gasteiger partial charge in [0.2, 0.25) is 0 Å². The molecule has 3 atom stereocenters. The van der Waals surface area contributed by atoms with Crippen molar-refractivity contribution in [1.82, 2.24) is 25.2 Å². The first-order valence-corrected chi connectivity index (χ1v) is 17.1. The number of phenols is 1. The Labute approximate surface area is 282 Å². The van der Waals surface area contributed by atoms with Gasteiger partial charge in [0.05, 0.1) is 34.7 Å². The molecule has 256 valence electrons. The number of benzene rings is 2. The third-order valence-electron chi connectivity index (χ3n) is 10.8. The summed E-state index contributed by atoms with van der Waals surface area (Å²) in [6, 6.07) is 5.44. The summed E-state index contributed by atoms with van der Waals surface area (Å²) in [6.45, 7) is 5.80. The normalized spacial score (nSPS) is 25.6. The Morgan fingerprint density at radius 2 is 2.02 bits per heavy atom. The number of phenolic OH excluding ortho intramolecular Hbond substituents is 1. The van der Waals surface area contributed by atoms with E-state index in [1.54, 1.807) is 0 Å². The van der Waals surface area contributed by atoms with Gasteiger partial charge in [0.1, 0.15) is 41.4 Å². The molecule has 0 unspecified atom stereocenters. The van der Waals surface area contributed by atoms with Gasteiger partial charge in [-0.2, -0.15) is 9.97 Å². The number of piperazine rings is 1. The first kappa shape index (κ1) is 32.0. The fourth-order valence-corrected chi connectivity index (χ4v) is 8.00. The van der Waals surface area contributed by atoms with Gasteiger partial charge in [0.25, 0.3) is 0 Å². The van der Waals surface area contributed by atoms with Crippen molar-refractivity contribution in [2.24, 2.45) is 0 Å². The van der Waals surface area contributed by atoms with E-state index in [9.17, 15) is 13.9 Å². The summed E-state index contributed by atoms with van der Waals surface area (Å²) in [6.07, 6.45) is 11.6. The number of rotatable bonds is 9. The van der Waals surface area contributed by atoms with Crippen LogP contribution in [0.15, 0.2) is 30.5 Å². The molecular weight excluding hydrogens is 633 g/mol. The van der Waals surface area contributed by atoms with Gasteiger partial charge in [0, 0.05) is 49.7 Å². The number of fused-ring (bicyclic) bond motifs is 3. The number of pyridine rings is 1. The predicted octanol–water partition coefficient (Wildman–Crippen LogP) is 5.50. The van der Waals surface area contributed by atoms with Crippen LogP contribution in [0.3, 0.4) is 0 Å². The number of hydrogen-bond donors (Lipinski definition) is 2.